The fourth-order valence-corrected chi connectivity index (χ4v) is 4.97. The van der Waals surface area contributed by atoms with Gasteiger partial charge in [-0.3, -0.25) is 4.79 Å². The third-order valence-electron chi connectivity index (χ3n) is 4.74. The van der Waals surface area contributed by atoms with Gasteiger partial charge < -0.3 is 14.4 Å². The van der Waals surface area contributed by atoms with Gasteiger partial charge in [0.25, 0.3) is 5.91 Å². The second-order valence-corrected chi connectivity index (χ2v) is 8.80. The number of hydrogen-bond donors (Lipinski definition) is 0. The molecule has 0 aliphatic carbocycles. The van der Waals surface area contributed by atoms with E-state index in [-0.39, 0.29) is 23.5 Å². The molecule has 1 aliphatic rings. The molecule has 1 fully saturated rings. The van der Waals surface area contributed by atoms with Crippen molar-refractivity contribution in [2.24, 2.45) is 0 Å². The molecule has 2 aromatic carbocycles. The summed E-state index contributed by atoms with van der Waals surface area (Å²) in [6.07, 6.45) is 0.453. The van der Waals surface area contributed by atoms with Gasteiger partial charge in [-0.2, -0.15) is 0 Å². The molecule has 1 heterocycles. The maximum atomic E-state index is 13.2. The van der Waals surface area contributed by atoms with Crippen LogP contribution in [0.2, 0.25) is 0 Å². The Balaban J connectivity index is 1.89. The van der Waals surface area contributed by atoms with Gasteiger partial charge in [0, 0.05) is 18.2 Å². The molecule has 27 heavy (non-hydrogen) atoms. The monoisotopic (exact) mass is 389 g/mol. The van der Waals surface area contributed by atoms with E-state index < -0.39 is 9.84 Å². The van der Waals surface area contributed by atoms with E-state index in [0.29, 0.717) is 24.3 Å². The minimum absolute atomic E-state index is 0.00113. The highest BCUT2D eigenvalue weighted by Crippen LogP contribution is 2.24. The first-order valence-electron chi connectivity index (χ1n) is 8.70. The van der Waals surface area contributed by atoms with E-state index in [4.69, 9.17) is 9.47 Å². The average molecular weight is 389 g/mol. The van der Waals surface area contributed by atoms with E-state index in [9.17, 15) is 13.2 Å². The van der Waals surface area contributed by atoms with Crippen LogP contribution in [0, 0.1) is 0 Å². The van der Waals surface area contributed by atoms with E-state index >= 15 is 0 Å². The number of ether oxygens (including phenoxy) is 2. The predicted molar refractivity (Wildman–Crippen MR) is 103 cm³/mol. The van der Waals surface area contributed by atoms with E-state index in [0.717, 1.165) is 11.3 Å². The minimum atomic E-state index is -3.11. The second-order valence-electron chi connectivity index (χ2n) is 6.57. The Hall–Kier alpha value is -2.54. The van der Waals surface area contributed by atoms with Crippen LogP contribution in [0.25, 0.3) is 0 Å². The molecule has 7 heteroatoms. The molecule has 144 valence electrons. The SMILES string of the molecule is COc1ccc(CN(C(=O)c2cccc(OC)c2)[C@@H]2CCS(=O)(=O)C2)cc1. The van der Waals surface area contributed by atoms with Gasteiger partial charge in [-0.25, -0.2) is 8.42 Å². The second kappa shape index (κ2) is 8.00. The number of methoxy groups -OCH3 is 2. The third kappa shape index (κ3) is 4.60. The van der Waals surface area contributed by atoms with Crippen molar-refractivity contribution in [2.45, 2.75) is 19.0 Å². The molecule has 0 bridgehead atoms. The van der Waals surface area contributed by atoms with Crippen LogP contribution >= 0.6 is 0 Å². The van der Waals surface area contributed by atoms with Crippen molar-refractivity contribution in [3.63, 3.8) is 0 Å². The van der Waals surface area contributed by atoms with Gasteiger partial charge in [0.1, 0.15) is 11.5 Å². The molecule has 0 N–H and O–H groups in total. The van der Waals surface area contributed by atoms with Crippen molar-refractivity contribution in [3.8, 4) is 11.5 Å². The first-order valence-corrected chi connectivity index (χ1v) is 10.5. The molecule has 6 nitrogen and oxygen atoms in total. The largest absolute Gasteiger partial charge is 0.497 e. The highest BCUT2D eigenvalue weighted by atomic mass is 32.2. The average Bonchev–Trinajstić information content (AvgIpc) is 3.05. The Bertz CT molecular complexity index is 908. The highest BCUT2D eigenvalue weighted by Gasteiger charge is 2.35. The van der Waals surface area contributed by atoms with Crippen molar-refractivity contribution < 1.29 is 22.7 Å². The van der Waals surface area contributed by atoms with Crippen molar-refractivity contribution in [2.75, 3.05) is 25.7 Å². The first-order chi connectivity index (χ1) is 12.9. The van der Waals surface area contributed by atoms with Crippen LogP contribution in [0.1, 0.15) is 22.3 Å². The smallest absolute Gasteiger partial charge is 0.254 e. The summed E-state index contributed by atoms with van der Waals surface area (Å²) in [5.74, 6) is 1.23. The maximum Gasteiger partial charge on any atom is 0.254 e. The lowest BCUT2D eigenvalue weighted by Gasteiger charge is -2.28. The number of carbonyl (C=O) groups is 1. The fourth-order valence-electron chi connectivity index (χ4n) is 3.24. The number of rotatable bonds is 6. The Morgan fingerprint density at radius 3 is 2.37 bits per heavy atom. The Morgan fingerprint density at radius 1 is 1.07 bits per heavy atom. The van der Waals surface area contributed by atoms with Crippen molar-refractivity contribution >= 4 is 15.7 Å². The number of carbonyl (C=O) groups excluding carboxylic acids is 1. The quantitative estimate of drug-likeness (QED) is 0.759. The van der Waals surface area contributed by atoms with Gasteiger partial charge in [-0.15, -0.1) is 0 Å². The van der Waals surface area contributed by atoms with Gasteiger partial charge >= 0.3 is 0 Å². The Kier molecular flexibility index (Phi) is 5.70. The van der Waals surface area contributed by atoms with Crippen molar-refractivity contribution in [1.29, 1.82) is 0 Å². The van der Waals surface area contributed by atoms with Gasteiger partial charge in [0.15, 0.2) is 9.84 Å². The molecule has 0 unspecified atom stereocenters. The summed E-state index contributed by atoms with van der Waals surface area (Å²) >= 11 is 0. The molecular weight excluding hydrogens is 366 g/mol. The van der Waals surface area contributed by atoms with Crippen LogP contribution in [0.4, 0.5) is 0 Å². The standard InChI is InChI=1S/C20H23NO5S/c1-25-18-8-6-15(7-9-18)13-21(17-10-11-27(23,24)14-17)20(22)16-4-3-5-19(12-16)26-2/h3-9,12,17H,10-11,13-14H2,1-2H3/t17-/m1/s1. The number of nitrogens with zero attached hydrogens (tertiary/aromatic N) is 1. The molecular formula is C20H23NO5S. The molecule has 1 amide bonds. The summed E-state index contributed by atoms with van der Waals surface area (Å²) < 4.78 is 34.3. The number of sulfone groups is 1. The summed E-state index contributed by atoms with van der Waals surface area (Å²) in [5.41, 5.74) is 1.39. The van der Waals surface area contributed by atoms with E-state index in [2.05, 4.69) is 0 Å². The van der Waals surface area contributed by atoms with E-state index in [1.54, 1.807) is 43.4 Å². The normalized spacial score (nSPS) is 18.1. The zero-order valence-electron chi connectivity index (χ0n) is 15.4. The zero-order chi connectivity index (χ0) is 19.4. The summed E-state index contributed by atoms with van der Waals surface area (Å²) in [5, 5.41) is 0. The highest BCUT2D eigenvalue weighted by molar-refractivity contribution is 7.91. The Labute approximate surface area is 159 Å². The first kappa shape index (κ1) is 19.2. The van der Waals surface area contributed by atoms with Crippen LogP contribution in [0.15, 0.2) is 48.5 Å². The summed E-state index contributed by atoms with van der Waals surface area (Å²) in [7, 11) is 0.0276. The lowest BCUT2D eigenvalue weighted by molar-refractivity contribution is 0.0680. The van der Waals surface area contributed by atoms with Gasteiger partial charge in [0.2, 0.25) is 0 Å². The lowest BCUT2D eigenvalue weighted by Crippen LogP contribution is -2.40. The molecule has 0 saturated carbocycles. The van der Waals surface area contributed by atoms with Gasteiger partial charge in [0.05, 0.1) is 25.7 Å². The zero-order valence-corrected chi connectivity index (χ0v) is 16.2. The third-order valence-corrected chi connectivity index (χ3v) is 6.49. The molecule has 1 saturated heterocycles. The number of benzene rings is 2. The molecule has 3 rings (SSSR count). The van der Waals surface area contributed by atoms with Crippen LogP contribution in [-0.2, 0) is 16.4 Å². The molecule has 2 aromatic rings. The summed E-state index contributed by atoms with van der Waals surface area (Å²) in [6.45, 7) is 0.334. The van der Waals surface area contributed by atoms with Gasteiger partial charge in [-0.05, 0) is 42.3 Å². The molecule has 1 aliphatic heterocycles. The van der Waals surface area contributed by atoms with E-state index in [1.807, 2.05) is 24.3 Å². The molecule has 0 radical (unpaired) electrons. The minimum Gasteiger partial charge on any atom is -0.497 e. The predicted octanol–water partition coefficient (Wildman–Crippen LogP) is 2.53. The van der Waals surface area contributed by atoms with E-state index in [1.165, 1.54) is 0 Å². The van der Waals surface area contributed by atoms with Crippen molar-refractivity contribution in [3.05, 3.63) is 59.7 Å². The molecule has 1 atom stereocenters. The fraction of sp³-hybridized carbons (Fsp3) is 0.350. The number of hydrogen-bond acceptors (Lipinski definition) is 5. The molecule has 0 aromatic heterocycles. The number of amides is 1. The van der Waals surface area contributed by atoms with Crippen LogP contribution < -0.4 is 9.47 Å². The van der Waals surface area contributed by atoms with Crippen LogP contribution in [0.3, 0.4) is 0 Å². The Morgan fingerprint density at radius 2 is 1.78 bits per heavy atom. The summed E-state index contributed by atoms with van der Waals surface area (Å²) in [6, 6.07) is 14.0. The lowest BCUT2D eigenvalue weighted by atomic mass is 10.1. The van der Waals surface area contributed by atoms with Gasteiger partial charge in [-0.1, -0.05) is 18.2 Å². The summed E-state index contributed by atoms with van der Waals surface area (Å²) in [4.78, 5) is 14.8. The maximum absolute atomic E-state index is 13.2. The topological polar surface area (TPSA) is 72.9 Å². The van der Waals surface area contributed by atoms with Crippen LogP contribution in [-0.4, -0.2) is 51.0 Å². The van der Waals surface area contributed by atoms with Crippen molar-refractivity contribution in [1.82, 2.24) is 4.90 Å². The molecule has 0 spiro atoms. The van der Waals surface area contributed by atoms with Crippen LogP contribution in [0.5, 0.6) is 11.5 Å².